The first-order valence-corrected chi connectivity index (χ1v) is 8.24. The molecule has 2 aromatic carbocycles. The summed E-state index contributed by atoms with van der Waals surface area (Å²) in [7, 11) is 0. The predicted octanol–water partition coefficient (Wildman–Crippen LogP) is 5.00. The largest absolute Gasteiger partial charge is 2.00 e. The van der Waals surface area contributed by atoms with E-state index in [0.717, 1.165) is 40.1 Å². The molecule has 0 fully saturated rings. The molecule has 2 aromatic heterocycles. The Hall–Kier alpha value is -2.57. The van der Waals surface area contributed by atoms with Crippen LogP contribution in [0.2, 0.25) is 0 Å². The molecular formula is C23H16N2Pt. The third kappa shape index (κ3) is 4.33. The van der Waals surface area contributed by atoms with Crippen molar-refractivity contribution in [1.82, 2.24) is 9.97 Å². The first-order chi connectivity index (χ1) is 12.4. The summed E-state index contributed by atoms with van der Waals surface area (Å²) in [4.78, 5) is 8.81. The van der Waals surface area contributed by atoms with Crippen molar-refractivity contribution in [3.8, 4) is 22.5 Å². The van der Waals surface area contributed by atoms with E-state index in [1.165, 1.54) is 0 Å². The minimum absolute atomic E-state index is 0. The van der Waals surface area contributed by atoms with E-state index in [4.69, 9.17) is 0 Å². The van der Waals surface area contributed by atoms with E-state index in [2.05, 4.69) is 46.4 Å². The summed E-state index contributed by atoms with van der Waals surface area (Å²) in [5.74, 6) is 0. The van der Waals surface area contributed by atoms with Gasteiger partial charge in [-0.15, -0.1) is 70.8 Å². The van der Waals surface area contributed by atoms with E-state index >= 15 is 0 Å². The van der Waals surface area contributed by atoms with Crippen LogP contribution >= 0.6 is 0 Å². The van der Waals surface area contributed by atoms with E-state index in [-0.39, 0.29) is 21.1 Å². The fraction of sp³-hybridized carbons (Fsp3) is 0.0435. The van der Waals surface area contributed by atoms with Gasteiger partial charge in [-0.2, -0.15) is 0 Å². The molecule has 0 spiro atoms. The van der Waals surface area contributed by atoms with Crippen LogP contribution in [0.4, 0.5) is 0 Å². The zero-order valence-corrected chi connectivity index (χ0v) is 16.3. The summed E-state index contributed by atoms with van der Waals surface area (Å²) in [6, 6.07) is 31.2. The molecule has 0 aliphatic rings. The first kappa shape index (κ1) is 18.2. The smallest absolute Gasteiger partial charge is 0.305 e. The fourth-order valence-corrected chi connectivity index (χ4v) is 2.79. The second-order valence-electron chi connectivity index (χ2n) is 5.79. The molecule has 0 atom stereocenters. The average Bonchev–Trinajstić information content (AvgIpc) is 2.70. The van der Waals surface area contributed by atoms with E-state index in [9.17, 15) is 0 Å². The summed E-state index contributed by atoms with van der Waals surface area (Å²) >= 11 is 0. The maximum Gasteiger partial charge on any atom is 2.00 e. The number of rotatable bonds is 4. The van der Waals surface area contributed by atoms with Crippen LogP contribution in [-0.4, -0.2) is 9.97 Å². The SMILES string of the molecule is [Pt+2].[c-]1c(Cc2[c-]c(-c3ccccn3)ccc2)cccc1-c1ccccn1. The quantitative estimate of drug-likeness (QED) is 0.358. The topological polar surface area (TPSA) is 25.8 Å². The van der Waals surface area contributed by atoms with Gasteiger partial charge in [0.2, 0.25) is 0 Å². The molecule has 0 aliphatic carbocycles. The van der Waals surface area contributed by atoms with Gasteiger partial charge >= 0.3 is 21.1 Å². The second-order valence-corrected chi connectivity index (χ2v) is 5.79. The Morgan fingerprint density at radius 3 is 1.50 bits per heavy atom. The third-order valence-corrected chi connectivity index (χ3v) is 3.97. The Morgan fingerprint density at radius 1 is 0.577 bits per heavy atom. The molecule has 3 heteroatoms. The zero-order chi connectivity index (χ0) is 16.9. The van der Waals surface area contributed by atoms with Crippen LogP contribution in [0.15, 0.2) is 85.2 Å². The Kier molecular flexibility index (Phi) is 6.09. The van der Waals surface area contributed by atoms with Gasteiger partial charge in [0.05, 0.1) is 0 Å². The molecule has 0 saturated carbocycles. The molecule has 2 nitrogen and oxygen atoms in total. The second kappa shape index (κ2) is 8.69. The normalized spacial score (nSPS) is 10.2. The minimum Gasteiger partial charge on any atom is -0.305 e. The Balaban J connectivity index is 0.00000196. The molecule has 4 aromatic rings. The minimum atomic E-state index is 0. The molecule has 4 rings (SSSR count). The summed E-state index contributed by atoms with van der Waals surface area (Å²) in [5, 5.41) is 0. The Morgan fingerprint density at radius 2 is 1.08 bits per heavy atom. The van der Waals surface area contributed by atoms with Gasteiger partial charge < -0.3 is 9.97 Å². The number of benzene rings is 2. The Bertz CT molecular complexity index is 888. The first-order valence-electron chi connectivity index (χ1n) is 8.24. The molecule has 0 unspecified atom stereocenters. The molecule has 2 heterocycles. The summed E-state index contributed by atoms with van der Waals surface area (Å²) in [6.07, 6.45) is 4.39. The zero-order valence-electron chi connectivity index (χ0n) is 14.0. The Labute approximate surface area is 168 Å². The molecule has 0 amide bonds. The number of hydrogen-bond donors (Lipinski definition) is 0. The van der Waals surface area contributed by atoms with Gasteiger partial charge in [-0.3, -0.25) is 0 Å². The van der Waals surface area contributed by atoms with E-state index in [0.29, 0.717) is 0 Å². The van der Waals surface area contributed by atoms with Gasteiger partial charge in [-0.05, 0) is 29.9 Å². The van der Waals surface area contributed by atoms with Gasteiger partial charge in [-0.25, -0.2) is 0 Å². The molecule has 0 aliphatic heterocycles. The average molecular weight is 515 g/mol. The van der Waals surface area contributed by atoms with Crippen molar-refractivity contribution in [2.24, 2.45) is 0 Å². The van der Waals surface area contributed by atoms with Gasteiger partial charge in [0, 0.05) is 12.4 Å². The van der Waals surface area contributed by atoms with Crippen molar-refractivity contribution in [3.05, 3.63) is 108 Å². The van der Waals surface area contributed by atoms with Crippen molar-refractivity contribution in [2.75, 3.05) is 0 Å². The monoisotopic (exact) mass is 515 g/mol. The summed E-state index contributed by atoms with van der Waals surface area (Å²) < 4.78 is 0. The van der Waals surface area contributed by atoms with E-state index < -0.39 is 0 Å². The molecule has 0 saturated heterocycles. The van der Waals surface area contributed by atoms with Gasteiger partial charge in [0.25, 0.3) is 0 Å². The van der Waals surface area contributed by atoms with Crippen LogP contribution in [-0.2, 0) is 27.5 Å². The predicted molar refractivity (Wildman–Crippen MR) is 99.8 cm³/mol. The molecule has 0 radical (unpaired) electrons. The van der Waals surface area contributed by atoms with Gasteiger partial charge in [-0.1, -0.05) is 24.3 Å². The van der Waals surface area contributed by atoms with E-state index in [1.54, 1.807) is 12.4 Å². The fourth-order valence-electron chi connectivity index (χ4n) is 2.79. The van der Waals surface area contributed by atoms with Crippen LogP contribution in [0.1, 0.15) is 11.1 Å². The number of aromatic nitrogens is 2. The van der Waals surface area contributed by atoms with Crippen LogP contribution in [0, 0.1) is 12.1 Å². The van der Waals surface area contributed by atoms with Gasteiger partial charge in [0.15, 0.2) is 0 Å². The molecule has 0 N–H and O–H groups in total. The maximum atomic E-state index is 4.40. The molecular weight excluding hydrogens is 499 g/mol. The number of pyridine rings is 2. The number of hydrogen-bond acceptors (Lipinski definition) is 2. The van der Waals surface area contributed by atoms with Gasteiger partial charge in [0.1, 0.15) is 0 Å². The van der Waals surface area contributed by atoms with Crippen molar-refractivity contribution in [3.63, 3.8) is 0 Å². The number of nitrogens with zero attached hydrogens (tertiary/aromatic N) is 2. The van der Waals surface area contributed by atoms with Crippen molar-refractivity contribution in [2.45, 2.75) is 6.42 Å². The maximum absolute atomic E-state index is 4.40. The van der Waals surface area contributed by atoms with Crippen LogP contribution < -0.4 is 0 Å². The van der Waals surface area contributed by atoms with E-state index in [1.807, 2.05) is 48.5 Å². The standard InChI is InChI=1S/C23H16N2.Pt/c1-3-13-24-22(11-1)20-9-5-7-18(16-20)15-19-8-6-10-21(17-19)23-12-2-4-14-25-23;/h1-14H,15H2;/q-2;+2. The molecule has 128 valence electrons. The van der Waals surface area contributed by atoms with Crippen molar-refractivity contribution < 1.29 is 21.1 Å². The third-order valence-electron chi connectivity index (χ3n) is 3.97. The van der Waals surface area contributed by atoms with Crippen LogP contribution in [0.3, 0.4) is 0 Å². The van der Waals surface area contributed by atoms with Crippen LogP contribution in [0.5, 0.6) is 0 Å². The summed E-state index contributed by atoms with van der Waals surface area (Å²) in [6.45, 7) is 0. The van der Waals surface area contributed by atoms with Crippen molar-refractivity contribution in [1.29, 1.82) is 0 Å². The summed E-state index contributed by atoms with van der Waals surface area (Å²) in [5.41, 5.74) is 6.15. The van der Waals surface area contributed by atoms with Crippen molar-refractivity contribution >= 4 is 0 Å². The molecule has 26 heavy (non-hydrogen) atoms. The van der Waals surface area contributed by atoms with Crippen LogP contribution in [0.25, 0.3) is 22.5 Å². The molecule has 0 bridgehead atoms.